The van der Waals surface area contributed by atoms with Crippen LogP contribution in [0.3, 0.4) is 0 Å². The molecule has 10 heavy (non-hydrogen) atoms. The van der Waals surface area contributed by atoms with Gasteiger partial charge in [-0.1, -0.05) is 12.8 Å². The van der Waals surface area contributed by atoms with E-state index < -0.39 is 0 Å². The summed E-state index contributed by atoms with van der Waals surface area (Å²) in [7, 11) is 0. The van der Waals surface area contributed by atoms with E-state index >= 15 is 0 Å². The molecule has 2 rings (SSSR count). The Morgan fingerprint density at radius 2 is 1.20 bits per heavy atom. The summed E-state index contributed by atoms with van der Waals surface area (Å²) in [5.41, 5.74) is 7.89. The molecule has 0 heterocycles. The van der Waals surface area contributed by atoms with Crippen molar-refractivity contribution >= 4 is 0 Å². The van der Waals surface area contributed by atoms with Gasteiger partial charge in [0.05, 0.1) is 0 Å². The fourth-order valence-electron chi connectivity index (χ4n) is 2.68. The van der Waals surface area contributed by atoms with E-state index in [2.05, 4.69) is 0 Å². The molecule has 2 aliphatic rings. The number of hydrogen-bond donors (Lipinski definition) is 0. The van der Waals surface area contributed by atoms with Crippen LogP contribution >= 0.6 is 0 Å². The first-order valence-corrected chi connectivity index (χ1v) is 4.59. The molecule has 57 valence electrons. The summed E-state index contributed by atoms with van der Waals surface area (Å²) in [4.78, 5) is 0. The molecule has 0 aromatic heterocycles. The Morgan fingerprint density at radius 3 is 1.50 bits per heavy atom. The fraction of sp³-hybridized carbons (Fsp3) is 1.00. The van der Waals surface area contributed by atoms with Crippen LogP contribution in [0.25, 0.3) is 0 Å². The summed E-state index contributed by atoms with van der Waals surface area (Å²) >= 11 is 0. The Balaban J connectivity index is 2.05. The second kappa shape index (κ2) is 2.54. The molecular formula is C9H16N. The highest BCUT2D eigenvalue weighted by Crippen LogP contribution is 2.39. The van der Waals surface area contributed by atoms with Gasteiger partial charge in [-0.2, -0.15) is 0 Å². The monoisotopic (exact) mass is 138 g/mol. The van der Waals surface area contributed by atoms with Gasteiger partial charge in [0.15, 0.2) is 0 Å². The molecule has 0 amide bonds. The van der Waals surface area contributed by atoms with Crippen LogP contribution in [0.15, 0.2) is 0 Å². The maximum atomic E-state index is 7.89. The molecule has 0 spiro atoms. The molecule has 1 heteroatoms. The molecule has 0 unspecified atom stereocenters. The van der Waals surface area contributed by atoms with Gasteiger partial charge in [-0.05, 0) is 37.5 Å². The first-order chi connectivity index (χ1) is 4.88. The van der Waals surface area contributed by atoms with E-state index in [0.717, 1.165) is 11.8 Å². The lowest BCUT2D eigenvalue weighted by Crippen LogP contribution is -2.37. The third-order valence-corrected chi connectivity index (χ3v) is 3.32. The van der Waals surface area contributed by atoms with Gasteiger partial charge in [0.1, 0.15) is 0 Å². The van der Waals surface area contributed by atoms with E-state index in [-0.39, 0.29) is 0 Å². The molecule has 0 aliphatic heterocycles. The molecule has 0 aromatic rings. The lowest BCUT2D eigenvalue weighted by Gasteiger charge is -2.39. The molecular weight excluding hydrogens is 122 g/mol. The highest BCUT2D eigenvalue weighted by Gasteiger charge is 2.33. The van der Waals surface area contributed by atoms with Crippen molar-refractivity contribution in [1.29, 1.82) is 0 Å². The quantitative estimate of drug-likeness (QED) is 0.490. The van der Waals surface area contributed by atoms with Gasteiger partial charge in [0.25, 0.3) is 0 Å². The molecule has 2 aliphatic carbocycles. The average molecular weight is 138 g/mol. The summed E-state index contributed by atoms with van der Waals surface area (Å²) in [6.07, 6.45) is 8.22. The van der Waals surface area contributed by atoms with Gasteiger partial charge in [-0.3, -0.25) is 5.73 Å². The third kappa shape index (κ3) is 0.968. The smallest absolute Gasteiger partial charge is 0.0269 e. The van der Waals surface area contributed by atoms with Gasteiger partial charge < -0.3 is 0 Å². The molecule has 2 fully saturated rings. The predicted octanol–water partition coefficient (Wildman–Crippen LogP) is 2.24. The zero-order chi connectivity index (χ0) is 6.97. The molecule has 1 nitrogen and oxygen atoms in total. The van der Waals surface area contributed by atoms with Crippen molar-refractivity contribution in [2.24, 2.45) is 11.8 Å². The number of fused-ring (bicyclic) bond motifs is 2. The number of hydrogen-bond acceptors (Lipinski definition) is 0. The minimum atomic E-state index is 0.322. The zero-order valence-electron chi connectivity index (χ0n) is 6.47. The Bertz CT molecular complexity index is 99.9. The summed E-state index contributed by atoms with van der Waals surface area (Å²) in [5, 5.41) is 0. The zero-order valence-corrected chi connectivity index (χ0v) is 6.47. The minimum absolute atomic E-state index is 0.322. The Hall–Kier alpha value is -0.0400. The Morgan fingerprint density at radius 1 is 0.800 bits per heavy atom. The Kier molecular flexibility index (Phi) is 1.69. The topological polar surface area (TPSA) is 23.8 Å². The number of nitrogens with one attached hydrogen (secondary N) is 1. The lowest BCUT2D eigenvalue weighted by molar-refractivity contribution is 0.148. The highest BCUT2D eigenvalue weighted by molar-refractivity contribution is 4.88. The fourth-order valence-corrected chi connectivity index (χ4v) is 2.68. The van der Waals surface area contributed by atoms with E-state index in [0.29, 0.717) is 6.04 Å². The van der Waals surface area contributed by atoms with Crippen LogP contribution in [0.2, 0.25) is 0 Å². The standard InChI is InChI=1S/C9H16N/c10-9-7-3-1-4-8(9)6-2-5-7/h7-10H,1-6H2. The van der Waals surface area contributed by atoms with Gasteiger partial charge in [-0.25, -0.2) is 0 Å². The van der Waals surface area contributed by atoms with Gasteiger partial charge in [-0.15, -0.1) is 0 Å². The second-order valence-electron chi connectivity index (χ2n) is 3.91. The molecule has 0 saturated heterocycles. The van der Waals surface area contributed by atoms with Crippen LogP contribution in [-0.2, 0) is 0 Å². The summed E-state index contributed by atoms with van der Waals surface area (Å²) in [5.74, 6) is 1.57. The van der Waals surface area contributed by atoms with E-state index in [1.807, 2.05) is 0 Å². The maximum Gasteiger partial charge on any atom is 0.0269 e. The van der Waals surface area contributed by atoms with Gasteiger partial charge in [0.2, 0.25) is 0 Å². The normalized spacial score (nSPS) is 47.1. The van der Waals surface area contributed by atoms with Crippen molar-refractivity contribution in [1.82, 2.24) is 5.73 Å². The van der Waals surface area contributed by atoms with Crippen LogP contribution in [0.5, 0.6) is 0 Å². The van der Waals surface area contributed by atoms with Crippen molar-refractivity contribution < 1.29 is 0 Å². The minimum Gasteiger partial charge on any atom is -0.254 e. The molecule has 0 aromatic carbocycles. The van der Waals surface area contributed by atoms with E-state index in [9.17, 15) is 0 Å². The van der Waals surface area contributed by atoms with Crippen LogP contribution < -0.4 is 5.73 Å². The molecule has 1 radical (unpaired) electrons. The van der Waals surface area contributed by atoms with Crippen LogP contribution in [0.1, 0.15) is 38.5 Å². The molecule has 0 atom stereocenters. The third-order valence-electron chi connectivity index (χ3n) is 3.32. The van der Waals surface area contributed by atoms with Gasteiger partial charge in [0, 0.05) is 6.04 Å². The predicted molar refractivity (Wildman–Crippen MR) is 41.6 cm³/mol. The molecule has 2 bridgehead atoms. The summed E-state index contributed by atoms with van der Waals surface area (Å²) in [6.45, 7) is 0. The largest absolute Gasteiger partial charge is 0.254 e. The van der Waals surface area contributed by atoms with Crippen molar-refractivity contribution in [3.63, 3.8) is 0 Å². The second-order valence-corrected chi connectivity index (χ2v) is 3.91. The van der Waals surface area contributed by atoms with Gasteiger partial charge >= 0.3 is 0 Å². The van der Waals surface area contributed by atoms with E-state index in [4.69, 9.17) is 5.73 Å². The Labute approximate surface area is 63.0 Å². The van der Waals surface area contributed by atoms with Crippen LogP contribution in [0, 0.1) is 11.8 Å². The first kappa shape index (κ1) is 6.66. The van der Waals surface area contributed by atoms with Crippen molar-refractivity contribution in [3.8, 4) is 0 Å². The summed E-state index contributed by atoms with van der Waals surface area (Å²) < 4.78 is 0. The van der Waals surface area contributed by atoms with E-state index in [1.54, 1.807) is 0 Å². The van der Waals surface area contributed by atoms with Crippen molar-refractivity contribution in [3.05, 3.63) is 0 Å². The van der Waals surface area contributed by atoms with E-state index in [1.165, 1.54) is 38.5 Å². The number of rotatable bonds is 0. The SMILES string of the molecule is [NH]C1C2CCCC1CCC2. The van der Waals surface area contributed by atoms with Crippen LogP contribution in [0.4, 0.5) is 0 Å². The first-order valence-electron chi connectivity index (χ1n) is 4.59. The molecule has 1 N–H and O–H groups in total. The molecule has 2 saturated carbocycles. The lowest BCUT2D eigenvalue weighted by atomic mass is 9.69. The maximum absolute atomic E-state index is 7.89. The van der Waals surface area contributed by atoms with Crippen LogP contribution in [-0.4, -0.2) is 6.04 Å². The highest BCUT2D eigenvalue weighted by atomic mass is 14.7. The van der Waals surface area contributed by atoms with Crippen molar-refractivity contribution in [2.45, 2.75) is 44.6 Å². The summed E-state index contributed by atoms with van der Waals surface area (Å²) in [6, 6.07) is 0.322. The van der Waals surface area contributed by atoms with Crippen molar-refractivity contribution in [2.75, 3.05) is 0 Å². The average Bonchev–Trinajstić information content (AvgIpc) is 1.86.